The number of nitrogens with one attached hydrogen (secondary N) is 1. The molecule has 2 aliphatic rings. The van der Waals surface area contributed by atoms with Crippen molar-refractivity contribution in [2.45, 2.75) is 25.7 Å². The second-order valence-electron chi connectivity index (χ2n) is 5.48. The lowest BCUT2D eigenvalue weighted by Gasteiger charge is -2.14. The summed E-state index contributed by atoms with van der Waals surface area (Å²) >= 11 is 1.44. The lowest BCUT2D eigenvalue weighted by molar-refractivity contribution is 0.0943. The van der Waals surface area contributed by atoms with E-state index in [-0.39, 0.29) is 12.5 Å². The third kappa shape index (κ3) is 2.83. The SMILES string of the molecule is O=C(NCC1(C2CC2)CC1)c1csc(C#CCO)c1. The predicted octanol–water partition coefficient (Wildman–Crippen LogP) is 2.01. The Labute approximate surface area is 117 Å². The Balaban J connectivity index is 1.56. The molecule has 1 heterocycles. The van der Waals surface area contributed by atoms with Gasteiger partial charge in [0.15, 0.2) is 0 Å². The Morgan fingerprint density at radius 2 is 2.32 bits per heavy atom. The molecule has 0 saturated heterocycles. The van der Waals surface area contributed by atoms with Crippen molar-refractivity contribution in [3.63, 3.8) is 0 Å². The van der Waals surface area contributed by atoms with Gasteiger partial charge in [-0.05, 0) is 43.1 Å². The van der Waals surface area contributed by atoms with Gasteiger partial charge in [-0.15, -0.1) is 11.3 Å². The van der Waals surface area contributed by atoms with E-state index >= 15 is 0 Å². The number of hydrogen-bond acceptors (Lipinski definition) is 3. The highest BCUT2D eigenvalue weighted by molar-refractivity contribution is 7.10. The van der Waals surface area contributed by atoms with Crippen LogP contribution in [0.2, 0.25) is 0 Å². The maximum atomic E-state index is 12.0. The van der Waals surface area contributed by atoms with E-state index in [1.54, 1.807) is 6.07 Å². The summed E-state index contributed by atoms with van der Waals surface area (Å²) < 4.78 is 0. The summed E-state index contributed by atoms with van der Waals surface area (Å²) in [5, 5.41) is 13.5. The second kappa shape index (κ2) is 4.99. The zero-order valence-electron chi connectivity index (χ0n) is 10.7. The number of aliphatic hydroxyl groups is 1. The number of carbonyl (C=O) groups excluding carboxylic acids is 1. The van der Waals surface area contributed by atoms with Crippen molar-refractivity contribution in [2.75, 3.05) is 13.2 Å². The van der Waals surface area contributed by atoms with Gasteiger partial charge in [-0.2, -0.15) is 0 Å². The Morgan fingerprint density at radius 1 is 1.53 bits per heavy atom. The molecule has 2 N–H and O–H groups in total. The van der Waals surface area contributed by atoms with E-state index < -0.39 is 0 Å². The summed E-state index contributed by atoms with van der Waals surface area (Å²) in [5.41, 5.74) is 1.12. The Bertz CT molecular complexity index is 544. The highest BCUT2D eigenvalue weighted by Crippen LogP contribution is 2.60. The van der Waals surface area contributed by atoms with Gasteiger partial charge in [-0.3, -0.25) is 4.79 Å². The fourth-order valence-corrected chi connectivity index (χ4v) is 3.35. The molecule has 2 aliphatic carbocycles. The number of rotatable bonds is 4. The summed E-state index contributed by atoms with van der Waals surface area (Å²) in [6.45, 7) is 0.674. The molecular weight excluding hydrogens is 258 g/mol. The zero-order chi connectivity index (χ0) is 13.3. The first-order chi connectivity index (χ1) is 9.23. The van der Waals surface area contributed by atoms with Crippen molar-refractivity contribution in [1.82, 2.24) is 5.32 Å². The Hall–Kier alpha value is -1.31. The van der Waals surface area contributed by atoms with Crippen LogP contribution < -0.4 is 5.32 Å². The molecule has 3 rings (SSSR count). The first-order valence-electron chi connectivity index (χ1n) is 6.70. The number of thiophene rings is 1. The minimum atomic E-state index is -0.149. The minimum Gasteiger partial charge on any atom is -0.384 e. The molecule has 1 amide bonds. The van der Waals surface area contributed by atoms with Crippen LogP contribution >= 0.6 is 11.3 Å². The van der Waals surface area contributed by atoms with Crippen molar-refractivity contribution >= 4 is 17.2 Å². The van der Waals surface area contributed by atoms with Crippen LogP contribution in [0, 0.1) is 23.2 Å². The van der Waals surface area contributed by atoms with E-state index in [1.807, 2.05) is 5.38 Å². The highest BCUT2D eigenvalue weighted by Gasteiger charge is 2.53. The standard InChI is InChI=1S/C15H17NO2S/c17-7-1-2-13-8-11(9-19-13)14(18)16-10-15(5-6-15)12-3-4-12/h8-9,12,17H,3-7,10H2,(H,16,18). The average molecular weight is 275 g/mol. The van der Waals surface area contributed by atoms with Crippen molar-refractivity contribution in [3.8, 4) is 11.8 Å². The fourth-order valence-electron chi connectivity index (χ4n) is 2.59. The normalized spacial score (nSPS) is 19.4. The molecule has 2 saturated carbocycles. The molecule has 3 nitrogen and oxygen atoms in total. The third-order valence-electron chi connectivity index (χ3n) is 4.09. The van der Waals surface area contributed by atoms with Crippen LogP contribution in [0.15, 0.2) is 11.4 Å². The molecule has 19 heavy (non-hydrogen) atoms. The molecule has 0 atom stereocenters. The van der Waals surface area contributed by atoms with Gasteiger partial charge in [-0.1, -0.05) is 11.8 Å². The molecule has 0 bridgehead atoms. The van der Waals surface area contributed by atoms with Crippen LogP contribution in [-0.2, 0) is 0 Å². The van der Waals surface area contributed by atoms with Crippen LogP contribution in [-0.4, -0.2) is 24.2 Å². The smallest absolute Gasteiger partial charge is 0.252 e. The van der Waals surface area contributed by atoms with Crippen LogP contribution in [0.4, 0.5) is 0 Å². The van der Waals surface area contributed by atoms with Crippen molar-refractivity contribution in [3.05, 3.63) is 21.9 Å². The minimum absolute atomic E-state index is 0.000207. The summed E-state index contributed by atoms with van der Waals surface area (Å²) in [6.07, 6.45) is 5.23. The molecule has 0 aromatic carbocycles. The van der Waals surface area contributed by atoms with E-state index in [9.17, 15) is 4.79 Å². The van der Waals surface area contributed by atoms with Crippen LogP contribution in [0.25, 0.3) is 0 Å². The zero-order valence-corrected chi connectivity index (χ0v) is 11.6. The van der Waals surface area contributed by atoms with Crippen molar-refractivity contribution < 1.29 is 9.90 Å². The Kier molecular flexibility index (Phi) is 3.34. The number of hydrogen-bond donors (Lipinski definition) is 2. The molecule has 100 valence electrons. The van der Waals surface area contributed by atoms with E-state index in [0.29, 0.717) is 11.0 Å². The van der Waals surface area contributed by atoms with Gasteiger partial charge < -0.3 is 10.4 Å². The number of carbonyl (C=O) groups is 1. The molecule has 1 aromatic rings. The third-order valence-corrected chi connectivity index (χ3v) is 4.93. The summed E-state index contributed by atoms with van der Waals surface area (Å²) in [7, 11) is 0. The average Bonchev–Trinajstić information content (AvgIpc) is 3.31. The molecule has 0 spiro atoms. The highest BCUT2D eigenvalue weighted by atomic mass is 32.1. The van der Waals surface area contributed by atoms with Crippen LogP contribution in [0.5, 0.6) is 0 Å². The van der Waals surface area contributed by atoms with Crippen molar-refractivity contribution in [2.24, 2.45) is 11.3 Å². The maximum Gasteiger partial charge on any atom is 0.252 e. The van der Waals surface area contributed by atoms with Gasteiger partial charge in [0, 0.05) is 11.9 Å². The first kappa shape index (κ1) is 12.7. The predicted molar refractivity (Wildman–Crippen MR) is 75.0 cm³/mol. The molecule has 4 heteroatoms. The van der Waals surface area contributed by atoms with Gasteiger partial charge in [0.2, 0.25) is 0 Å². The van der Waals surface area contributed by atoms with Gasteiger partial charge in [0.05, 0.1) is 10.4 Å². The molecule has 2 fully saturated rings. The summed E-state index contributed by atoms with van der Waals surface area (Å²) in [4.78, 5) is 12.9. The van der Waals surface area contributed by atoms with Crippen molar-refractivity contribution in [1.29, 1.82) is 0 Å². The molecule has 0 aliphatic heterocycles. The van der Waals surface area contributed by atoms with Crippen LogP contribution in [0.3, 0.4) is 0 Å². The van der Waals surface area contributed by atoms with Gasteiger partial charge in [0.1, 0.15) is 6.61 Å². The lowest BCUT2D eigenvalue weighted by Crippen LogP contribution is -2.30. The van der Waals surface area contributed by atoms with E-state index in [1.165, 1.54) is 37.0 Å². The fraction of sp³-hybridized carbons (Fsp3) is 0.533. The van der Waals surface area contributed by atoms with Crippen LogP contribution in [0.1, 0.15) is 40.9 Å². The molecule has 1 aromatic heterocycles. The molecule has 0 radical (unpaired) electrons. The monoisotopic (exact) mass is 275 g/mol. The van der Waals surface area contributed by atoms with Gasteiger partial charge in [-0.25, -0.2) is 0 Å². The van der Waals surface area contributed by atoms with E-state index in [2.05, 4.69) is 17.2 Å². The number of aliphatic hydroxyl groups excluding tert-OH is 1. The lowest BCUT2D eigenvalue weighted by atomic mass is 10.0. The largest absolute Gasteiger partial charge is 0.384 e. The number of amides is 1. The molecular formula is C15H17NO2S. The summed E-state index contributed by atoms with van der Waals surface area (Å²) in [5.74, 6) is 6.27. The summed E-state index contributed by atoms with van der Waals surface area (Å²) in [6, 6.07) is 1.79. The van der Waals surface area contributed by atoms with E-state index in [0.717, 1.165) is 17.3 Å². The molecule has 0 unspecified atom stereocenters. The topological polar surface area (TPSA) is 49.3 Å². The quantitative estimate of drug-likeness (QED) is 0.826. The van der Waals surface area contributed by atoms with Gasteiger partial charge in [0.25, 0.3) is 5.91 Å². The Morgan fingerprint density at radius 3 is 2.95 bits per heavy atom. The van der Waals surface area contributed by atoms with Gasteiger partial charge >= 0.3 is 0 Å². The maximum absolute atomic E-state index is 12.0. The second-order valence-corrected chi connectivity index (χ2v) is 6.39. The van der Waals surface area contributed by atoms with E-state index in [4.69, 9.17) is 5.11 Å². The first-order valence-corrected chi connectivity index (χ1v) is 7.58.